The summed E-state index contributed by atoms with van der Waals surface area (Å²) in [6.07, 6.45) is -5.23. The Morgan fingerprint density at radius 1 is 1.00 bits per heavy atom. The fraction of sp³-hybridized carbons (Fsp3) is 1.00. The minimum Gasteiger partial charge on any atom is -0.388 e. The summed E-state index contributed by atoms with van der Waals surface area (Å²) in [5.41, 5.74) is 0. The lowest BCUT2D eigenvalue weighted by molar-refractivity contribution is -0.252. The maximum atomic E-state index is 8.88. The zero-order valence-corrected chi connectivity index (χ0v) is 5.21. The summed E-state index contributed by atoms with van der Waals surface area (Å²) in [5, 5.41) is 35.3. The zero-order chi connectivity index (χ0) is 7.72. The minimum atomic E-state index is -1.41. The number of aliphatic hydroxyl groups excluding tert-OH is 4. The minimum absolute atomic E-state index is 0.153. The highest BCUT2D eigenvalue weighted by Crippen LogP contribution is 2.12. The first-order valence-electron chi connectivity index (χ1n) is 2.97. The van der Waals surface area contributed by atoms with Crippen LogP contribution in [0, 0.1) is 0 Å². The van der Waals surface area contributed by atoms with Crippen molar-refractivity contribution < 1.29 is 25.2 Å². The van der Waals surface area contributed by atoms with Crippen LogP contribution in [0.15, 0.2) is 0 Å². The Balaban J connectivity index is 2.52. The lowest BCUT2D eigenvalue weighted by atomic mass is 10.4. The SMILES string of the molecule is O[C@@H]1CO[13CH](O)[C@H](O)[13C@@H]1O. The summed E-state index contributed by atoms with van der Waals surface area (Å²) >= 11 is 0. The second-order valence-corrected chi connectivity index (χ2v) is 2.27. The monoisotopic (exact) mass is 152 g/mol. The van der Waals surface area contributed by atoms with Gasteiger partial charge in [0.25, 0.3) is 0 Å². The van der Waals surface area contributed by atoms with Crippen molar-refractivity contribution in [2.45, 2.75) is 24.6 Å². The van der Waals surface area contributed by atoms with Crippen LogP contribution in [0.25, 0.3) is 0 Å². The van der Waals surface area contributed by atoms with E-state index >= 15 is 0 Å². The van der Waals surface area contributed by atoms with Crippen molar-refractivity contribution in [1.82, 2.24) is 0 Å². The second kappa shape index (κ2) is 2.81. The van der Waals surface area contributed by atoms with Crippen molar-refractivity contribution in [1.29, 1.82) is 0 Å². The maximum absolute atomic E-state index is 8.88. The normalized spacial score (nSPS) is 49.2. The van der Waals surface area contributed by atoms with Gasteiger partial charge in [0.15, 0.2) is 6.29 Å². The molecule has 1 saturated heterocycles. The average molecular weight is 152 g/mol. The van der Waals surface area contributed by atoms with Crippen LogP contribution in [-0.2, 0) is 4.74 Å². The van der Waals surface area contributed by atoms with Crippen LogP contribution in [0.2, 0.25) is 0 Å². The summed E-state index contributed by atoms with van der Waals surface area (Å²) in [6.45, 7) is -0.153. The van der Waals surface area contributed by atoms with E-state index in [4.69, 9.17) is 20.4 Å². The molecule has 4 atom stereocenters. The molecule has 60 valence electrons. The van der Waals surface area contributed by atoms with E-state index in [9.17, 15) is 0 Å². The number of rotatable bonds is 0. The van der Waals surface area contributed by atoms with Crippen molar-refractivity contribution in [3.8, 4) is 0 Å². The molecular formula is C5H10O5. The molecule has 1 aliphatic rings. The Morgan fingerprint density at radius 3 is 2.10 bits per heavy atom. The first-order valence-corrected chi connectivity index (χ1v) is 2.97. The Morgan fingerprint density at radius 2 is 1.60 bits per heavy atom. The van der Waals surface area contributed by atoms with Crippen molar-refractivity contribution in [2.24, 2.45) is 0 Å². The molecule has 0 aromatic rings. The standard InChI is InChI=1S/C5H10O5/c6-2-1-10-5(9)4(8)3(2)7/h2-9H,1H2/t2-,3-,4-,5?/m1/s1/i3+1,5+1. The predicted molar refractivity (Wildman–Crippen MR) is 30.0 cm³/mol. The summed E-state index contributed by atoms with van der Waals surface area (Å²) in [6, 6.07) is 0. The molecule has 1 aliphatic heterocycles. The van der Waals surface area contributed by atoms with Gasteiger partial charge in [-0.2, -0.15) is 0 Å². The molecule has 0 aromatic carbocycles. The van der Waals surface area contributed by atoms with Crippen molar-refractivity contribution in [3.63, 3.8) is 0 Å². The van der Waals surface area contributed by atoms with Crippen LogP contribution >= 0.6 is 0 Å². The molecule has 10 heavy (non-hydrogen) atoms. The quantitative estimate of drug-likeness (QED) is 0.286. The Bertz CT molecular complexity index is 103. The highest BCUT2D eigenvalue weighted by molar-refractivity contribution is 4.81. The topological polar surface area (TPSA) is 90.2 Å². The molecule has 1 rings (SSSR count). The molecule has 0 radical (unpaired) electrons. The van der Waals surface area contributed by atoms with Crippen LogP contribution in [0.5, 0.6) is 0 Å². The molecule has 1 heterocycles. The molecule has 4 N–H and O–H groups in total. The van der Waals surface area contributed by atoms with E-state index in [1.807, 2.05) is 0 Å². The van der Waals surface area contributed by atoms with Gasteiger partial charge in [-0.05, 0) is 0 Å². The lowest BCUT2D eigenvalue weighted by Crippen LogP contribution is -2.52. The summed E-state index contributed by atoms with van der Waals surface area (Å²) in [4.78, 5) is 0. The van der Waals surface area contributed by atoms with E-state index in [1.54, 1.807) is 0 Å². The van der Waals surface area contributed by atoms with E-state index in [0.717, 1.165) is 0 Å². The first kappa shape index (κ1) is 7.90. The van der Waals surface area contributed by atoms with Gasteiger partial charge in [-0.25, -0.2) is 0 Å². The van der Waals surface area contributed by atoms with Crippen LogP contribution in [0.3, 0.4) is 0 Å². The third-order valence-electron chi connectivity index (χ3n) is 1.47. The highest BCUT2D eigenvalue weighted by atomic mass is 16.7. The third-order valence-corrected chi connectivity index (χ3v) is 1.47. The van der Waals surface area contributed by atoms with Gasteiger partial charge in [0.2, 0.25) is 0 Å². The van der Waals surface area contributed by atoms with Gasteiger partial charge in [-0.15, -0.1) is 0 Å². The predicted octanol–water partition coefficient (Wildman–Crippen LogP) is -2.58. The van der Waals surface area contributed by atoms with E-state index < -0.39 is 24.6 Å². The Kier molecular flexibility index (Phi) is 2.22. The van der Waals surface area contributed by atoms with E-state index in [-0.39, 0.29) is 6.61 Å². The highest BCUT2D eigenvalue weighted by Gasteiger charge is 2.36. The molecule has 1 unspecified atom stereocenters. The summed E-state index contributed by atoms with van der Waals surface area (Å²) in [5.74, 6) is 0. The van der Waals surface area contributed by atoms with Gasteiger partial charge in [0.05, 0.1) is 6.61 Å². The molecule has 0 amide bonds. The zero-order valence-electron chi connectivity index (χ0n) is 5.21. The van der Waals surface area contributed by atoms with Gasteiger partial charge in [-0.1, -0.05) is 0 Å². The lowest BCUT2D eigenvalue weighted by Gasteiger charge is -2.31. The van der Waals surface area contributed by atoms with Gasteiger partial charge < -0.3 is 25.2 Å². The molecule has 5 heteroatoms. The van der Waals surface area contributed by atoms with Crippen LogP contribution in [0.4, 0.5) is 0 Å². The van der Waals surface area contributed by atoms with Crippen LogP contribution in [-0.4, -0.2) is 51.6 Å². The third kappa shape index (κ3) is 1.28. The second-order valence-electron chi connectivity index (χ2n) is 2.27. The van der Waals surface area contributed by atoms with Crippen molar-refractivity contribution >= 4 is 0 Å². The number of hydrogen-bond donors (Lipinski definition) is 4. The van der Waals surface area contributed by atoms with E-state index in [1.165, 1.54) is 0 Å². The van der Waals surface area contributed by atoms with Crippen LogP contribution in [0.1, 0.15) is 0 Å². The average Bonchev–Trinajstić information content (AvgIpc) is 1.93. The van der Waals surface area contributed by atoms with E-state index in [0.29, 0.717) is 0 Å². The molecule has 5 nitrogen and oxygen atoms in total. The van der Waals surface area contributed by atoms with Gasteiger partial charge in [0.1, 0.15) is 18.3 Å². The molecule has 1 fully saturated rings. The number of hydrogen-bond acceptors (Lipinski definition) is 5. The smallest absolute Gasteiger partial charge is 0.183 e. The van der Waals surface area contributed by atoms with Crippen molar-refractivity contribution in [3.05, 3.63) is 0 Å². The van der Waals surface area contributed by atoms with E-state index in [2.05, 4.69) is 4.74 Å². The Labute approximate surface area is 57.5 Å². The van der Waals surface area contributed by atoms with Crippen LogP contribution < -0.4 is 0 Å². The largest absolute Gasteiger partial charge is 0.388 e. The molecule has 0 aromatic heterocycles. The molecule has 0 bridgehead atoms. The fourth-order valence-electron chi connectivity index (χ4n) is 0.791. The fourth-order valence-corrected chi connectivity index (χ4v) is 0.791. The number of ether oxygens (including phenoxy) is 1. The van der Waals surface area contributed by atoms with Gasteiger partial charge in [-0.3, -0.25) is 0 Å². The van der Waals surface area contributed by atoms with Gasteiger partial charge in [0, 0.05) is 0 Å². The first-order chi connectivity index (χ1) is 4.63. The molecule has 0 spiro atoms. The van der Waals surface area contributed by atoms with Gasteiger partial charge >= 0.3 is 0 Å². The van der Waals surface area contributed by atoms with Crippen molar-refractivity contribution in [2.75, 3.05) is 6.61 Å². The Hall–Kier alpha value is -0.200. The molecule has 0 aliphatic carbocycles. The maximum Gasteiger partial charge on any atom is 0.183 e. The summed E-state index contributed by atoms with van der Waals surface area (Å²) in [7, 11) is 0. The molecular weight excluding hydrogens is 142 g/mol. The molecule has 0 saturated carbocycles. The summed E-state index contributed by atoms with van der Waals surface area (Å²) < 4.78 is 4.47. The number of aliphatic hydroxyl groups is 4.